The van der Waals surface area contributed by atoms with E-state index in [9.17, 15) is 0 Å². The summed E-state index contributed by atoms with van der Waals surface area (Å²) in [5.74, 6) is 0.246. The Kier molecular flexibility index (Phi) is 2.36. The number of nitrogens with one attached hydrogen (secondary N) is 1. The molecule has 1 aromatic heterocycles. The molecule has 0 radical (unpaired) electrons. The van der Waals surface area contributed by atoms with E-state index < -0.39 is 0 Å². The summed E-state index contributed by atoms with van der Waals surface area (Å²) in [6.45, 7) is 0. The largest absolute Gasteiger partial charge is 0.409 e. The molecule has 0 aliphatic heterocycles. The third-order valence-corrected chi connectivity index (χ3v) is 3.00. The molecule has 0 unspecified atom stereocenters. The number of nitrogens with two attached hydrogens (primary N) is 1. The molecule has 1 heterocycles. The van der Waals surface area contributed by atoms with Gasteiger partial charge in [0.15, 0.2) is 17.3 Å². The Labute approximate surface area is 102 Å². The first-order valence-electron chi connectivity index (χ1n) is 5.44. The number of nitrogens with zero attached hydrogens (tertiary/aromatic N) is 3. The quantitative estimate of drug-likeness (QED) is 0.310. The zero-order valence-electron chi connectivity index (χ0n) is 9.37. The van der Waals surface area contributed by atoms with E-state index in [1.54, 1.807) is 0 Å². The minimum atomic E-state index is 0.0860. The Morgan fingerprint density at radius 3 is 2.94 bits per heavy atom. The van der Waals surface area contributed by atoms with Crippen molar-refractivity contribution < 1.29 is 9.84 Å². The molecule has 3 rings (SSSR count). The molecule has 0 fully saturated rings. The molecule has 0 amide bonds. The summed E-state index contributed by atoms with van der Waals surface area (Å²) in [6, 6.07) is 8.14. The van der Waals surface area contributed by atoms with Gasteiger partial charge >= 0.3 is 0 Å². The van der Waals surface area contributed by atoms with Crippen LogP contribution >= 0.6 is 0 Å². The maximum absolute atomic E-state index is 9.00. The van der Waals surface area contributed by atoms with Crippen LogP contribution < -0.4 is 11.1 Å². The van der Waals surface area contributed by atoms with Crippen molar-refractivity contribution in [3.05, 3.63) is 41.1 Å². The summed E-state index contributed by atoms with van der Waals surface area (Å²) >= 11 is 0. The van der Waals surface area contributed by atoms with Crippen molar-refractivity contribution in [3.63, 3.8) is 0 Å². The molecule has 1 atom stereocenters. The maximum atomic E-state index is 9.00. The molecule has 4 N–H and O–H groups in total. The smallest absolute Gasteiger partial charge is 0.199 e. The van der Waals surface area contributed by atoms with Crippen LogP contribution in [0.4, 0.5) is 5.82 Å². The first-order chi connectivity index (χ1) is 8.79. The van der Waals surface area contributed by atoms with E-state index in [0.717, 1.165) is 6.42 Å². The zero-order chi connectivity index (χ0) is 12.5. The van der Waals surface area contributed by atoms with Crippen LogP contribution in [0, 0.1) is 0 Å². The van der Waals surface area contributed by atoms with E-state index in [1.807, 2.05) is 18.2 Å². The first kappa shape index (κ1) is 10.6. The molecule has 0 bridgehead atoms. The lowest BCUT2D eigenvalue weighted by Gasteiger charge is -2.31. The summed E-state index contributed by atoms with van der Waals surface area (Å²) in [4.78, 5) is 0. The fourth-order valence-electron chi connectivity index (χ4n) is 2.06. The third kappa shape index (κ3) is 1.56. The maximum Gasteiger partial charge on any atom is 0.199 e. The molecule has 1 aliphatic carbocycles. The van der Waals surface area contributed by atoms with Crippen molar-refractivity contribution >= 4 is 11.7 Å². The van der Waals surface area contributed by atoms with Crippen LogP contribution in [0.2, 0.25) is 0 Å². The molecule has 0 saturated carbocycles. The molecule has 1 aromatic carbocycles. The van der Waals surface area contributed by atoms with Gasteiger partial charge in [0.05, 0.1) is 6.04 Å². The average Bonchev–Trinajstić information content (AvgIpc) is 2.77. The first-order valence-corrected chi connectivity index (χ1v) is 5.44. The lowest BCUT2D eigenvalue weighted by molar-refractivity contribution is 0.303. The highest BCUT2D eigenvalue weighted by Gasteiger charge is 2.28. The van der Waals surface area contributed by atoms with Gasteiger partial charge < -0.3 is 16.3 Å². The van der Waals surface area contributed by atoms with Gasteiger partial charge in [0.1, 0.15) is 0 Å². The fraction of sp³-hybridized carbons (Fsp3) is 0.182. The minimum absolute atomic E-state index is 0.0860. The molecule has 7 heteroatoms. The van der Waals surface area contributed by atoms with Gasteiger partial charge in [-0.3, -0.25) is 0 Å². The highest BCUT2D eigenvalue weighted by Crippen LogP contribution is 2.32. The monoisotopic (exact) mass is 245 g/mol. The van der Waals surface area contributed by atoms with Gasteiger partial charge in [-0.2, -0.15) is 0 Å². The lowest BCUT2D eigenvalue weighted by atomic mass is 9.83. The summed E-state index contributed by atoms with van der Waals surface area (Å²) < 4.78 is 4.47. The van der Waals surface area contributed by atoms with Gasteiger partial charge in [-0.1, -0.05) is 29.4 Å². The molecule has 0 spiro atoms. The second kappa shape index (κ2) is 4.02. The molecular formula is C11H11N5O2. The Morgan fingerprint density at radius 2 is 2.28 bits per heavy atom. The van der Waals surface area contributed by atoms with Gasteiger partial charge in [-0.25, -0.2) is 4.63 Å². The number of fused-ring (bicyclic) bond motifs is 1. The molecule has 2 aromatic rings. The Bertz CT molecular complexity index is 607. The van der Waals surface area contributed by atoms with Crippen LogP contribution in [0.15, 0.2) is 34.1 Å². The standard InChI is InChI=1S/C11H11N5O2/c12-10-9(15-18-16-10)11(14-17)13-8-5-6-3-1-2-4-7(6)8/h1-4,8,17H,5H2,(H2,12,16)(H,13,14)/t8-/m0/s1. The topological polar surface area (TPSA) is 110 Å². The van der Waals surface area contributed by atoms with Crippen LogP contribution in [-0.2, 0) is 6.42 Å². The molecule has 7 nitrogen and oxygen atoms in total. The highest BCUT2D eigenvalue weighted by molar-refractivity contribution is 6.00. The van der Waals surface area contributed by atoms with Gasteiger partial charge in [-0.15, -0.1) is 0 Å². The number of anilines is 1. The zero-order valence-corrected chi connectivity index (χ0v) is 9.37. The van der Waals surface area contributed by atoms with E-state index in [2.05, 4.69) is 31.5 Å². The second-order valence-corrected chi connectivity index (χ2v) is 4.05. The Balaban J connectivity index is 1.80. The summed E-state index contributed by atoms with van der Waals surface area (Å²) in [7, 11) is 0. The normalized spacial score (nSPS) is 18.0. The van der Waals surface area contributed by atoms with E-state index in [0.29, 0.717) is 0 Å². The van der Waals surface area contributed by atoms with Crippen molar-refractivity contribution in [2.75, 3.05) is 5.73 Å². The Morgan fingerprint density at radius 1 is 1.44 bits per heavy atom. The van der Waals surface area contributed by atoms with E-state index >= 15 is 0 Å². The summed E-state index contributed by atoms with van der Waals surface area (Å²) in [6.07, 6.45) is 0.861. The number of rotatable bonds is 2. The minimum Gasteiger partial charge on any atom is -0.409 e. The molecule has 1 aliphatic rings. The van der Waals surface area contributed by atoms with Gasteiger partial charge in [0.25, 0.3) is 0 Å². The van der Waals surface area contributed by atoms with Crippen molar-refractivity contribution in [1.82, 2.24) is 15.6 Å². The van der Waals surface area contributed by atoms with E-state index in [-0.39, 0.29) is 23.4 Å². The van der Waals surface area contributed by atoms with Crippen LogP contribution in [0.5, 0.6) is 0 Å². The van der Waals surface area contributed by atoms with Crippen molar-refractivity contribution in [2.45, 2.75) is 12.5 Å². The SMILES string of the molecule is Nc1nonc1/C(=N/O)N[C@H]1Cc2ccccc21. The third-order valence-electron chi connectivity index (χ3n) is 3.00. The van der Waals surface area contributed by atoms with Gasteiger partial charge in [0, 0.05) is 0 Å². The van der Waals surface area contributed by atoms with Crippen LogP contribution in [-0.4, -0.2) is 21.4 Å². The number of amidine groups is 1. The lowest BCUT2D eigenvalue weighted by Crippen LogP contribution is -2.36. The van der Waals surface area contributed by atoms with E-state index in [1.165, 1.54) is 11.1 Å². The molecular weight excluding hydrogens is 234 g/mol. The number of hydrogen-bond acceptors (Lipinski definition) is 6. The number of nitrogen functional groups attached to an aromatic ring is 1. The Hall–Kier alpha value is -2.57. The molecule has 92 valence electrons. The van der Waals surface area contributed by atoms with Crippen LogP contribution in [0.3, 0.4) is 0 Å². The van der Waals surface area contributed by atoms with Crippen molar-refractivity contribution in [1.29, 1.82) is 0 Å². The number of benzene rings is 1. The fourth-order valence-corrected chi connectivity index (χ4v) is 2.06. The molecule has 0 saturated heterocycles. The van der Waals surface area contributed by atoms with Gasteiger partial charge in [-0.05, 0) is 27.9 Å². The predicted octanol–water partition coefficient (Wildman–Crippen LogP) is 0.675. The number of hydrogen-bond donors (Lipinski definition) is 3. The highest BCUT2D eigenvalue weighted by atomic mass is 16.6. The molecule has 18 heavy (non-hydrogen) atoms. The number of oxime groups is 1. The predicted molar refractivity (Wildman–Crippen MR) is 63.1 cm³/mol. The van der Waals surface area contributed by atoms with Crippen molar-refractivity contribution in [2.24, 2.45) is 5.16 Å². The number of aromatic nitrogens is 2. The summed E-state index contributed by atoms with van der Waals surface area (Å²) in [5.41, 5.74) is 8.21. The van der Waals surface area contributed by atoms with E-state index in [4.69, 9.17) is 10.9 Å². The van der Waals surface area contributed by atoms with Gasteiger partial charge in [0.2, 0.25) is 0 Å². The second-order valence-electron chi connectivity index (χ2n) is 4.05. The average molecular weight is 245 g/mol. The van der Waals surface area contributed by atoms with Crippen LogP contribution in [0.25, 0.3) is 0 Å². The summed E-state index contributed by atoms with van der Waals surface area (Å²) in [5, 5.41) is 22.2. The van der Waals surface area contributed by atoms with Crippen molar-refractivity contribution in [3.8, 4) is 0 Å². The van der Waals surface area contributed by atoms with Crippen LogP contribution in [0.1, 0.15) is 22.9 Å².